The van der Waals surface area contributed by atoms with Crippen LogP contribution in [0.15, 0.2) is 60.9 Å². The Morgan fingerprint density at radius 2 is 1.55 bits per heavy atom. The molecule has 4 nitrogen and oxygen atoms in total. The van der Waals surface area contributed by atoms with Crippen molar-refractivity contribution in [1.82, 2.24) is 9.97 Å². The Balaban J connectivity index is 1.52. The van der Waals surface area contributed by atoms with Gasteiger partial charge >= 0.3 is 0 Å². The van der Waals surface area contributed by atoms with Gasteiger partial charge in [-0.25, -0.2) is 9.37 Å². The molecule has 0 saturated carbocycles. The van der Waals surface area contributed by atoms with Crippen LogP contribution < -0.4 is 9.47 Å². The van der Waals surface area contributed by atoms with Crippen molar-refractivity contribution in [2.45, 2.75) is 6.42 Å². The van der Waals surface area contributed by atoms with Gasteiger partial charge in [0, 0.05) is 18.8 Å². The predicted molar refractivity (Wildman–Crippen MR) is 80.7 cm³/mol. The average Bonchev–Trinajstić information content (AvgIpc) is 3.05. The van der Waals surface area contributed by atoms with Crippen LogP contribution in [0.3, 0.4) is 0 Å². The van der Waals surface area contributed by atoms with E-state index in [1.54, 1.807) is 24.5 Å². The normalized spacial score (nSPS) is 10.4. The summed E-state index contributed by atoms with van der Waals surface area (Å²) in [4.78, 5) is 7.16. The molecule has 0 unspecified atom stereocenters. The Morgan fingerprint density at radius 1 is 0.909 bits per heavy atom. The molecule has 1 aromatic heterocycles. The number of halogens is 1. The van der Waals surface area contributed by atoms with Gasteiger partial charge in [0.1, 0.15) is 28.9 Å². The maximum Gasteiger partial charge on any atom is 0.127 e. The van der Waals surface area contributed by atoms with Crippen LogP contribution in [-0.4, -0.2) is 16.6 Å². The fourth-order valence-electron chi connectivity index (χ4n) is 1.94. The van der Waals surface area contributed by atoms with E-state index in [1.165, 1.54) is 12.1 Å². The molecule has 0 saturated heterocycles. The van der Waals surface area contributed by atoms with Gasteiger partial charge in [0.15, 0.2) is 0 Å². The molecule has 0 bridgehead atoms. The highest BCUT2D eigenvalue weighted by Gasteiger charge is 2.00. The molecule has 1 N–H and O–H groups in total. The van der Waals surface area contributed by atoms with Crippen LogP contribution in [0.4, 0.5) is 4.39 Å². The monoisotopic (exact) mass is 298 g/mol. The standard InChI is InChI=1S/C17H15FN2O2/c18-13-1-3-15(4-2-13)22-16-7-5-14(6-8-16)21-12-9-17-19-10-11-20-17/h1-8,10-11H,9,12H2,(H,19,20). The van der Waals surface area contributed by atoms with E-state index in [9.17, 15) is 4.39 Å². The topological polar surface area (TPSA) is 47.1 Å². The number of aromatic nitrogens is 2. The van der Waals surface area contributed by atoms with Gasteiger partial charge in [0.05, 0.1) is 6.61 Å². The van der Waals surface area contributed by atoms with Gasteiger partial charge < -0.3 is 14.5 Å². The lowest BCUT2D eigenvalue weighted by atomic mass is 10.3. The van der Waals surface area contributed by atoms with Crippen molar-refractivity contribution in [3.8, 4) is 17.2 Å². The molecule has 3 rings (SSSR count). The lowest BCUT2D eigenvalue weighted by molar-refractivity contribution is 0.319. The first kappa shape index (κ1) is 14.1. The fourth-order valence-corrected chi connectivity index (χ4v) is 1.94. The van der Waals surface area contributed by atoms with E-state index in [4.69, 9.17) is 9.47 Å². The van der Waals surface area contributed by atoms with E-state index in [0.717, 1.165) is 18.0 Å². The SMILES string of the molecule is Fc1ccc(Oc2ccc(OCCc3ncc[nH]3)cc2)cc1. The molecule has 0 spiro atoms. The summed E-state index contributed by atoms with van der Waals surface area (Å²) in [6.45, 7) is 0.547. The molecule has 5 heteroatoms. The zero-order valence-electron chi connectivity index (χ0n) is 11.8. The molecular weight excluding hydrogens is 283 g/mol. The van der Waals surface area contributed by atoms with Crippen LogP contribution in [0.2, 0.25) is 0 Å². The van der Waals surface area contributed by atoms with Crippen LogP contribution in [0.25, 0.3) is 0 Å². The molecular formula is C17H15FN2O2. The van der Waals surface area contributed by atoms with Gasteiger partial charge in [-0.2, -0.15) is 0 Å². The smallest absolute Gasteiger partial charge is 0.127 e. The largest absolute Gasteiger partial charge is 0.493 e. The van der Waals surface area contributed by atoms with Crippen molar-refractivity contribution in [3.63, 3.8) is 0 Å². The zero-order chi connectivity index (χ0) is 15.2. The molecule has 0 aliphatic heterocycles. The van der Waals surface area contributed by atoms with Crippen LogP contribution in [0.1, 0.15) is 5.82 Å². The minimum absolute atomic E-state index is 0.285. The molecule has 3 aromatic rings. The van der Waals surface area contributed by atoms with Gasteiger partial charge in [-0.1, -0.05) is 0 Å². The summed E-state index contributed by atoms with van der Waals surface area (Å²) in [5, 5.41) is 0. The predicted octanol–water partition coefficient (Wildman–Crippen LogP) is 3.96. The molecule has 0 fully saturated rings. The maximum atomic E-state index is 12.8. The lowest BCUT2D eigenvalue weighted by Crippen LogP contribution is -2.02. The summed E-state index contributed by atoms with van der Waals surface area (Å²) in [6.07, 6.45) is 4.23. The van der Waals surface area contributed by atoms with Gasteiger partial charge in [0.2, 0.25) is 0 Å². The molecule has 0 aliphatic carbocycles. The quantitative estimate of drug-likeness (QED) is 0.749. The van der Waals surface area contributed by atoms with Gasteiger partial charge in [0.25, 0.3) is 0 Å². The second-order valence-corrected chi connectivity index (χ2v) is 4.66. The number of aromatic amines is 1. The van der Waals surface area contributed by atoms with Gasteiger partial charge in [-0.3, -0.25) is 0 Å². The third-order valence-corrected chi connectivity index (χ3v) is 3.04. The first-order valence-corrected chi connectivity index (χ1v) is 6.94. The summed E-state index contributed by atoms with van der Waals surface area (Å²) in [6, 6.07) is 13.2. The molecule has 0 amide bonds. The Labute approximate surface area is 127 Å². The van der Waals surface area contributed by atoms with Crippen LogP contribution in [-0.2, 0) is 6.42 Å². The Morgan fingerprint density at radius 3 is 2.18 bits per heavy atom. The van der Waals surface area contributed by atoms with E-state index in [0.29, 0.717) is 18.1 Å². The highest BCUT2D eigenvalue weighted by atomic mass is 19.1. The maximum absolute atomic E-state index is 12.8. The number of rotatable bonds is 6. The first-order chi connectivity index (χ1) is 10.8. The van der Waals surface area contributed by atoms with E-state index in [2.05, 4.69) is 9.97 Å². The second kappa shape index (κ2) is 6.76. The van der Waals surface area contributed by atoms with Crippen molar-refractivity contribution < 1.29 is 13.9 Å². The van der Waals surface area contributed by atoms with E-state index in [-0.39, 0.29) is 5.82 Å². The van der Waals surface area contributed by atoms with Crippen molar-refractivity contribution >= 4 is 0 Å². The first-order valence-electron chi connectivity index (χ1n) is 6.94. The van der Waals surface area contributed by atoms with E-state index in [1.807, 2.05) is 24.3 Å². The highest BCUT2D eigenvalue weighted by molar-refractivity contribution is 5.35. The number of ether oxygens (including phenoxy) is 2. The van der Waals surface area contributed by atoms with Crippen molar-refractivity contribution in [3.05, 3.63) is 72.6 Å². The minimum atomic E-state index is -0.285. The molecule has 22 heavy (non-hydrogen) atoms. The summed E-state index contributed by atoms with van der Waals surface area (Å²) in [5.41, 5.74) is 0. The third-order valence-electron chi connectivity index (χ3n) is 3.04. The average molecular weight is 298 g/mol. The number of benzene rings is 2. The molecule has 1 heterocycles. The fraction of sp³-hybridized carbons (Fsp3) is 0.118. The van der Waals surface area contributed by atoms with Crippen molar-refractivity contribution in [2.75, 3.05) is 6.61 Å². The Bertz CT molecular complexity index is 695. The number of nitrogens with zero attached hydrogens (tertiary/aromatic N) is 1. The van der Waals surface area contributed by atoms with Gasteiger partial charge in [-0.05, 0) is 48.5 Å². The Hall–Kier alpha value is -2.82. The third kappa shape index (κ3) is 3.85. The number of hydrogen-bond donors (Lipinski definition) is 1. The van der Waals surface area contributed by atoms with Crippen molar-refractivity contribution in [1.29, 1.82) is 0 Å². The summed E-state index contributed by atoms with van der Waals surface area (Å²) in [5.74, 6) is 2.64. The lowest BCUT2D eigenvalue weighted by Gasteiger charge is -2.08. The number of H-pyrrole nitrogens is 1. The molecule has 0 atom stereocenters. The Kier molecular flexibility index (Phi) is 4.34. The summed E-state index contributed by atoms with van der Waals surface area (Å²) in [7, 11) is 0. The number of hydrogen-bond acceptors (Lipinski definition) is 3. The second-order valence-electron chi connectivity index (χ2n) is 4.66. The van der Waals surface area contributed by atoms with E-state index >= 15 is 0 Å². The molecule has 112 valence electrons. The van der Waals surface area contributed by atoms with Crippen LogP contribution in [0, 0.1) is 5.82 Å². The van der Waals surface area contributed by atoms with Crippen LogP contribution in [0.5, 0.6) is 17.2 Å². The summed E-state index contributed by atoms with van der Waals surface area (Å²) < 4.78 is 24.1. The van der Waals surface area contributed by atoms with Crippen molar-refractivity contribution in [2.24, 2.45) is 0 Å². The van der Waals surface area contributed by atoms with E-state index < -0.39 is 0 Å². The summed E-state index contributed by atoms with van der Waals surface area (Å²) >= 11 is 0. The molecule has 0 radical (unpaired) electrons. The van der Waals surface area contributed by atoms with Crippen LogP contribution >= 0.6 is 0 Å². The number of imidazole rings is 1. The number of nitrogens with one attached hydrogen (secondary N) is 1. The van der Waals surface area contributed by atoms with Gasteiger partial charge in [-0.15, -0.1) is 0 Å². The zero-order valence-corrected chi connectivity index (χ0v) is 11.8. The molecule has 0 aliphatic rings. The minimum Gasteiger partial charge on any atom is -0.493 e. The highest BCUT2D eigenvalue weighted by Crippen LogP contribution is 2.24. The molecule has 2 aromatic carbocycles.